The third-order valence-electron chi connectivity index (χ3n) is 1.43. The second-order valence-electron chi connectivity index (χ2n) is 2.48. The standard InChI is InChI=1S/C10H13NS/c1-4-6-9-10(7-5-2)12-8(3)11-9/h4-7H,1-3H3/b6-4-,7-5-. The van der Waals surface area contributed by atoms with Crippen LogP contribution in [-0.2, 0) is 0 Å². The molecule has 0 fully saturated rings. The van der Waals surface area contributed by atoms with Crippen molar-refractivity contribution in [3.8, 4) is 0 Å². The van der Waals surface area contributed by atoms with Gasteiger partial charge in [0.1, 0.15) is 0 Å². The molecule has 0 saturated heterocycles. The van der Waals surface area contributed by atoms with E-state index in [0.717, 1.165) is 10.7 Å². The van der Waals surface area contributed by atoms with Gasteiger partial charge >= 0.3 is 0 Å². The summed E-state index contributed by atoms with van der Waals surface area (Å²) in [6, 6.07) is 0. The van der Waals surface area contributed by atoms with Crippen LogP contribution in [0.5, 0.6) is 0 Å². The Morgan fingerprint density at radius 2 is 1.83 bits per heavy atom. The Balaban J connectivity index is 3.07. The zero-order valence-electron chi connectivity index (χ0n) is 7.66. The van der Waals surface area contributed by atoms with Crippen molar-refractivity contribution in [3.63, 3.8) is 0 Å². The summed E-state index contributed by atoms with van der Waals surface area (Å²) in [4.78, 5) is 5.64. The maximum Gasteiger partial charge on any atom is 0.0907 e. The molecule has 2 heteroatoms. The lowest BCUT2D eigenvalue weighted by molar-refractivity contribution is 1.27. The van der Waals surface area contributed by atoms with E-state index < -0.39 is 0 Å². The number of hydrogen-bond donors (Lipinski definition) is 0. The molecule has 0 aliphatic heterocycles. The van der Waals surface area contributed by atoms with Gasteiger partial charge in [0.05, 0.1) is 15.6 Å². The molecule has 1 aromatic rings. The molecule has 0 bridgehead atoms. The van der Waals surface area contributed by atoms with Gasteiger partial charge in [-0.05, 0) is 32.9 Å². The molecule has 0 aliphatic carbocycles. The first-order valence-corrected chi connectivity index (χ1v) is 4.82. The van der Waals surface area contributed by atoms with Crippen LogP contribution < -0.4 is 0 Å². The number of aryl methyl sites for hydroxylation is 1. The molecular weight excluding hydrogens is 166 g/mol. The summed E-state index contributed by atoms with van der Waals surface area (Å²) in [5.41, 5.74) is 1.08. The first-order valence-electron chi connectivity index (χ1n) is 4.00. The average Bonchev–Trinajstić information content (AvgIpc) is 2.33. The van der Waals surface area contributed by atoms with E-state index in [1.165, 1.54) is 4.88 Å². The van der Waals surface area contributed by atoms with Gasteiger partial charge in [0.25, 0.3) is 0 Å². The molecule has 1 nitrogen and oxygen atoms in total. The number of aromatic nitrogens is 1. The molecule has 0 aromatic carbocycles. The Morgan fingerprint density at radius 1 is 1.17 bits per heavy atom. The quantitative estimate of drug-likeness (QED) is 0.677. The van der Waals surface area contributed by atoms with Gasteiger partial charge in [0.15, 0.2) is 0 Å². The smallest absolute Gasteiger partial charge is 0.0907 e. The molecule has 64 valence electrons. The molecule has 0 N–H and O–H groups in total. The highest BCUT2D eigenvalue weighted by molar-refractivity contribution is 7.12. The predicted octanol–water partition coefficient (Wildman–Crippen LogP) is 3.52. The summed E-state index contributed by atoms with van der Waals surface area (Å²) in [6.45, 7) is 6.06. The number of hydrogen-bond acceptors (Lipinski definition) is 2. The highest BCUT2D eigenvalue weighted by Gasteiger charge is 2.01. The van der Waals surface area contributed by atoms with Crippen LogP contribution in [0.1, 0.15) is 29.4 Å². The molecule has 1 heterocycles. The van der Waals surface area contributed by atoms with Gasteiger partial charge in [-0.15, -0.1) is 11.3 Å². The second kappa shape index (κ2) is 4.21. The fourth-order valence-corrected chi connectivity index (χ4v) is 1.89. The first-order chi connectivity index (χ1) is 5.77. The molecule has 12 heavy (non-hydrogen) atoms. The van der Waals surface area contributed by atoms with Gasteiger partial charge in [-0.1, -0.05) is 12.2 Å². The van der Waals surface area contributed by atoms with Gasteiger partial charge < -0.3 is 0 Å². The van der Waals surface area contributed by atoms with Crippen LogP contribution in [0.25, 0.3) is 12.2 Å². The molecule has 0 atom stereocenters. The molecule has 0 unspecified atom stereocenters. The zero-order chi connectivity index (χ0) is 8.97. The van der Waals surface area contributed by atoms with Gasteiger partial charge in [-0.2, -0.15) is 0 Å². The van der Waals surface area contributed by atoms with E-state index in [4.69, 9.17) is 0 Å². The molecule has 0 aliphatic rings. The number of thiazole rings is 1. The Kier molecular flexibility index (Phi) is 3.23. The van der Waals surface area contributed by atoms with Gasteiger partial charge in [0.2, 0.25) is 0 Å². The van der Waals surface area contributed by atoms with Crippen molar-refractivity contribution < 1.29 is 0 Å². The monoisotopic (exact) mass is 179 g/mol. The SMILES string of the molecule is C/C=C\c1nc(C)sc1/C=C\C. The van der Waals surface area contributed by atoms with Crippen molar-refractivity contribution in [2.75, 3.05) is 0 Å². The molecule has 0 spiro atoms. The lowest BCUT2D eigenvalue weighted by Gasteiger charge is -1.86. The summed E-state index contributed by atoms with van der Waals surface area (Å²) in [5.74, 6) is 0. The van der Waals surface area contributed by atoms with E-state index in [0.29, 0.717) is 0 Å². The summed E-state index contributed by atoms with van der Waals surface area (Å²) in [6.07, 6.45) is 8.19. The Hall–Kier alpha value is -0.890. The van der Waals surface area contributed by atoms with Crippen LogP contribution in [0.15, 0.2) is 12.2 Å². The van der Waals surface area contributed by atoms with Gasteiger partial charge in [-0.25, -0.2) is 4.98 Å². The molecule has 1 rings (SSSR count). The summed E-state index contributed by atoms with van der Waals surface area (Å²) < 4.78 is 0. The van der Waals surface area contributed by atoms with Gasteiger partial charge in [-0.3, -0.25) is 0 Å². The zero-order valence-corrected chi connectivity index (χ0v) is 8.48. The number of allylic oxidation sites excluding steroid dienone is 2. The van der Waals surface area contributed by atoms with E-state index in [1.807, 2.05) is 39.0 Å². The van der Waals surface area contributed by atoms with Crippen molar-refractivity contribution in [2.24, 2.45) is 0 Å². The Labute approximate surface area is 77.5 Å². The number of nitrogens with zero attached hydrogens (tertiary/aromatic N) is 1. The van der Waals surface area contributed by atoms with Crippen LogP contribution in [0, 0.1) is 6.92 Å². The van der Waals surface area contributed by atoms with E-state index in [9.17, 15) is 0 Å². The largest absolute Gasteiger partial charge is 0.242 e. The van der Waals surface area contributed by atoms with E-state index in [-0.39, 0.29) is 0 Å². The summed E-state index contributed by atoms with van der Waals surface area (Å²) >= 11 is 1.73. The van der Waals surface area contributed by atoms with Gasteiger partial charge in [0, 0.05) is 0 Å². The Bertz CT molecular complexity index is 278. The molecule has 0 amide bonds. The van der Waals surface area contributed by atoms with Crippen LogP contribution in [0.4, 0.5) is 0 Å². The van der Waals surface area contributed by atoms with Crippen molar-refractivity contribution >= 4 is 23.5 Å². The van der Waals surface area contributed by atoms with Crippen LogP contribution in [-0.4, -0.2) is 4.98 Å². The van der Waals surface area contributed by atoms with Crippen molar-refractivity contribution in [1.29, 1.82) is 0 Å². The van der Waals surface area contributed by atoms with E-state index in [2.05, 4.69) is 11.1 Å². The van der Waals surface area contributed by atoms with Crippen molar-refractivity contribution in [3.05, 3.63) is 27.7 Å². The minimum absolute atomic E-state index is 1.08. The lowest BCUT2D eigenvalue weighted by Crippen LogP contribution is -1.74. The lowest BCUT2D eigenvalue weighted by atomic mass is 10.3. The Morgan fingerprint density at radius 3 is 2.42 bits per heavy atom. The van der Waals surface area contributed by atoms with Crippen LogP contribution in [0.3, 0.4) is 0 Å². The highest BCUT2D eigenvalue weighted by atomic mass is 32.1. The normalized spacial score (nSPS) is 11.9. The van der Waals surface area contributed by atoms with E-state index >= 15 is 0 Å². The van der Waals surface area contributed by atoms with Crippen molar-refractivity contribution in [2.45, 2.75) is 20.8 Å². The summed E-state index contributed by atoms with van der Waals surface area (Å²) in [7, 11) is 0. The molecular formula is C10H13NS. The highest BCUT2D eigenvalue weighted by Crippen LogP contribution is 2.20. The first kappa shape index (κ1) is 9.20. The van der Waals surface area contributed by atoms with Crippen LogP contribution >= 0.6 is 11.3 Å². The topological polar surface area (TPSA) is 12.9 Å². The van der Waals surface area contributed by atoms with E-state index in [1.54, 1.807) is 11.3 Å². The number of rotatable bonds is 2. The maximum atomic E-state index is 4.40. The maximum absolute atomic E-state index is 4.40. The average molecular weight is 179 g/mol. The fourth-order valence-electron chi connectivity index (χ4n) is 1.01. The second-order valence-corrected chi connectivity index (χ2v) is 3.72. The summed E-state index contributed by atoms with van der Waals surface area (Å²) in [5, 5.41) is 1.12. The third-order valence-corrected chi connectivity index (χ3v) is 2.38. The van der Waals surface area contributed by atoms with Crippen molar-refractivity contribution in [1.82, 2.24) is 4.98 Å². The molecule has 0 radical (unpaired) electrons. The molecule has 0 saturated carbocycles. The van der Waals surface area contributed by atoms with Crippen LogP contribution in [0.2, 0.25) is 0 Å². The molecule has 1 aromatic heterocycles. The third kappa shape index (κ3) is 2.05. The minimum Gasteiger partial charge on any atom is -0.242 e. The fraction of sp³-hybridized carbons (Fsp3) is 0.300. The predicted molar refractivity (Wildman–Crippen MR) is 56.3 cm³/mol. The minimum atomic E-state index is 1.08.